The number of rotatable bonds is 9. The quantitative estimate of drug-likeness (QED) is 0.544. The van der Waals surface area contributed by atoms with Crippen molar-refractivity contribution in [1.29, 1.82) is 0 Å². The summed E-state index contributed by atoms with van der Waals surface area (Å²) < 4.78 is 31.0. The van der Waals surface area contributed by atoms with E-state index in [1.54, 1.807) is 0 Å². The minimum absolute atomic E-state index is 0.00326. The van der Waals surface area contributed by atoms with E-state index in [0.717, 1.165) is 26.1 Å². The van der Waals surface area contributed by atoms with E-state index in [-0.39, 0.29) is 10.9 Å². The van der Waals surface area contributed by atoms with Crippen molar-refractivity contribution in [2.45, 2.75) is 25.4 Å². The van der Waals surface area contributed by atoms with Crippen molar-refractivity contribution in [3.8, 4) is 0 Å². The summed E-state index contributed by atoms with van der Waals surface area (Å²) >= 11 is 0. The van der Waals surface area contributed by atoms with E-state index < -0.39 is 10.0 Å². The molecule has 0 aliphatic carbocycles. The van der Waals surface area contributed by atoms with Crippen LogP contribution in [0, 0.1) is 0 Å². The normalized spacial score (nSPS) is 11.9. The molecular formula is C12H20N2O4S. The second-order valence-electron chi connectivity index (χ2n) is 4.05. The molecule has 0 saturated heterocycles. The molecule has 0 spiro atoms. The number of hydrogen-bond donors (Lipinski definition) is 1. The number of hydrogen-bond acceptors (Lipinski definition) is 5. The van der Waals surface area contributed by atoms with Crippen molar-refractivity contribution in [3.05, 3.63) is 17.9 Å². The zero-order valence-corrected chi connectivity index (χ0v) is 12.1. The van der Waals surface area contributed by atoms with Gasteiger partial charge in [-0.2, -0.15) is 0 Å². The number of sulfonamides is 1. The molecule has 0 fully saturated rings. The van der Waals surface area contributed by atoms with Crippen LogP contribution < -0.4 is 4.72 Å². The van der Waals surface area contributed by atoms with Crippen LogP contribution in [0.2, 0.25) is 0 Å². The Morgan fingerprint density at radius 2 is 2.00 bits per heavy atom. The van der Waals surface area contributed by atoms with Crippen molar-refractivity contribution in [3.63, 3.8) is 0 Å². The lowest BCUT2D eigenvalue weighted by Crippen LogP contribution is -2.29. The van der Waals surface area contributed by atoms with Crippen LogP contribution in [-0.4, -0.2) is 45.8 Å². The summed E-state index contributed by atoms with van der Waals surface area (Å²) in [6.45, 7) is 7.21. The maximum absolute atomic E-state index is 11.8. The highest BCUT2D eigenvalue weighted by molar-refractivity contribution is 7.89. The van der Waals surface area contributed by atoms with Crippen molar-refractivity contribution >= 4 is 16.3 Å². The first-order chi connectivity index (χ1) is 9.03. The van der Waals surface area contributed by atoms with E-state index in [0.29, 0.717) is 12.8 Å². The Bertz CT molecular complexity index is 492. The number of nitrogens with one attached hydrogen (secondary N) is 1. The van der Waals surface area contributed by atoms with Gasteiger partial charge >= 0.3 is 0 Å². The molecule has 19 heavy (non-hydrogen) atoms. The van der Waals surface area contributed by atoms with Crippen LogP contribution in [0.5, 0.6) is 0 Å². The summed E-state index contributed by atoms with van der Waals surface area (Å²) in [5.74, 6) is 0.00326. The van der Waals surface area contributed by atoms with Gasteiger partial charge in [0, 0.05) is 6.54 Å². The summed E-state index contributed by atoms with van der Waals surface area (Å²) in [5.41, 5.74) is 0. The van der Waals surface area contributed by atoms with Gasteiger partial charge in [-0.25, -0.2) is 13.1 Å². The van der Waals surface area contributed by atoms with Crippen LogP contribution in [0.15, 0.2) is 21.6 Å². The van der Waals surface area contributed by atoms with E-state index in [1.165, 1.54) is 12.1 Å². The molecule has 108 valence electrons. The molecule has 1 rings (SSSR count). The lowest BCUT2D eigenvalue weighted by Gasteiger charge is -2.17. The van der Waals surface area contributed by atoms with E-state index in [2.05, 4.69) is 23.5 Å². The molecule has 1 aromatic heterocycles. The second kappa shape index (κ2) is 7.42. The fourth-order valence-corrected chi connectivity index (χ4v) is 2.67. The monoisotopic (exact) mass is 288 g/mol. The molecule has 7 heteroatoms. The first-order valence-electron chi connectivity index (χ1n) is 6.30. The molecular weight excluding hydrogens is 268 g/mol. The standard InChI is InChI=1S/C12H20N2O4S/c1-3-14(4-2)9-5-8-13-19(16,17)12-7-6-11(10-15)18-12/h6-7,10,13H,3-5,8-9H2,1-2H3. The maximum Gasteiger partial charge on any atom is 0.273 e. The summed E-state index contributed by atoms with van der Waals surface area (Å²) in [7, 11) is -3.66. The Hall–Kier alpha value is -1.18. The molecule has 0 unspecified atom stereocenters. The van der Waals surface area contributed by atoms with Gasteiger partial charge in [0.15, 0.2) is 12.0 Å². The Balaban J connectivity index is 2.45. The molecule has 1 heterocycles. The molecule has 1 N–H and O–H groups in total. The Morgan fingerprint density at radius 1 is 1.32 bits per heavy atom. The molecule has 0 saturated carbocycles. The zero-order valence-electron chi connectivity index (χ0n) is 11.3. The fraction of sp³-hybridized carbons (Fsp3) is 0.583. The lowest BCUT2D eigenvalue weighted by atomic mass is 10.4. The summed E-state index contributed by atoms with van der Waals surface area (Å²) in [6.07, 6.45) is 1.20. The molecule has 1 aromatic rings. The molecule has 0 aromatic carbocycles. The minimum Gasteiger partial charge on any atom is -0.440 e. The third-order valence-corrected chi connectivity index (χ3v) is 4.15. The zero-order chi connectivity index (χ0) is 14.3. The summed E-state index contributed by atoms with van der Waals surface area (Å²) in [6, 6.07) is 2.61. The largest absolute Gasteiger partial charge is 0.440 e. The topological polar surface area (TPSA) is 79.6 Å². The van der Waals surface area contributed by atoms with Crippen molar-refractivity contribution in [1.82, 2.24) is 9.62 Å². The van der Waals surface area contributed by atoms with E-state index in [9.17, 15) is 13.2 Å². The number of nitrogens with zero attached hydrogens (tertiary/aromatic N) is 1. The second-order valence-corrected chi connectivity index (χ2v) is 5.75. The van der Waals surface area contributed by atoms with Crippen LogP contribution in [0.3, 0.4) is 0 Å². The van der Waals surface area contributed by atoms with Gasteiger partial charge in [-0.3, -0.25) is 4.79 Å². The van der Waals surface area contributed by atoms with Crippen molar-refractivity contribution in [2.75, 3.05) is 26.2 Å². The molecule has 0 radical (unpaired) electrons. The average molecular weight is 288 g/mol. The van der Waals surface area contributed by atoms with Crippen LogP contribution in [-0.2, 0) is 10.0 Å². The van der Waals surface area contributed by atoms with Crippen LogP contribution in [0.1, 0.15) is 30.8 Å². The van der Waals surface area contributed by atoms with Crippen molar-refractivity contribution < 1.29 is 17.6 Å². The fourth-order valence-electron chi connectivity index (χ4n) is 1.66. The van der Waals surface area contributed by atoms with Gasteiger partial charge < -0.3 is 9.32 Å². The van der Waals surface area contributed by atoms with Crippen LogP contribution in [0.25, 0.3) is 0 Å². The number of carbonyl (C=O) groups excluding carboxylic acids is 1. The van der Waals surface area contributed by atoms with Gasteiger partial charge in [0.05, 0.1) is 0 Å². The Labute approximate surface area is 113 Å². The smallest absolute Gasteiger partial charge is 0.273 e. The Morgan fingerprint density at radius 3 is 2.53 bits per heavy atom. The molecule has 0 aliphatic heterocycles. The highest BCUT2D eigenvalue weighted by Gasteiger charge is 2.17. The van der Waals surface area contributed by atoms with Crippen LogP contribution >= 0.6 is 0 Å². The molecule has 0 atom stereocenters. The van der Waals surface area contributed by atoms with Gasteiger partial charge in [-0.1, -0.05) is 13.8 Å². The highest BCUT2D eigenvalue weighted by atomic mass is 32.2. The average Bonchev–Trinajstić information content (AvgIpc) is 2.88. The third-order valence-electron chi connectivity index (χ3n) is 2.82. The SMILES string of the molecule is CCN(CC)CCCNS(=O)(=O)c1ccc(C=O)o1. The first kappa shape index (κ1) is 15.9. The highest BCUT2D eigenvalue weighted by Crippen LogP contribution is 2.12. The van der Waals surface area contributed by atoms with Gasteiger partial charge in [-0.05, 0) is 38.2 Å². The molecule has 0 bridgehead atoms. The van der Waals surface area contributed by atoms with Gasteiger partial charge in [0.2, 0.25) is 5.09 Å². The van der Waals surface area contributed by atoms with Gasteiger partial charge in [-0.15, -0.1) is 0 Å². The van der Waals surface area contributed by atoms with E-state index >= 15 is 0 Å². The van der Waals surface area contributed by atoms with E-state index in [1.807, 2.05) is 0 Å². The first-order valence-corrected chi connectivity index (χ1v) is 7.78. The maximum atomic E-state index is 11.8. The predicted molar refractivity (Wildman–Crippen MR) is 71.7 cm³/mol. The molecule has 6 nitrogen and oxygen atoms in total. The summed E-state index contributed by atoms with van der Waals surface area (Å²) in [5, 5.41) is -0.225. The lowest BCUT2D eigenvalue weighted by molar-refractivity contribution is 0.109. The number of aldehydes is 1. The van der Waals surface area contributed by atoms with Crippen LogP contribution in [0.4, 0.5) is 0 Å². The van der Waals surface area contributed by atoms with Crippen molar-refractivity contribution in [2.24, 2.45) is 0 Å². The van der Waals surface area contributed by atoms with E-state index in [4.69, 9.17) is 4.42 Å². The number of carbonyl (C=O) groups is 1. The number of furan rings is 1. The van der Waals surface area contributed by atoms with Gasteiger partial charge in [0.1, 0.15) is 0 Å². The molecule has 0 aliphatic rings. The molecule has 0 amide bonds. The van der Waals surface area contributed by atoms with Gasteiger partial charge in [0.25, 0.3) is 10.0 Å². The minimum atomic E-state index is -3.66. The third kappa shape index (κ3) is 4.77. The predicted octanol–water partition coefficient (Wildman–Crippen LogP) is 1.10. The Kier molecular flexibility index (Phi) is 6.20. The summed E-state index contributed by atoms with van der Waals surface area (Å²) in [4.78, 5) is 12.6.